The van der Waals surface area contributed by atoms with Gasteiger partial charge in [-0.2, -0.15) is 0 Å². The summed E-state index contributed by atoms with van der Waals surface area (Å²) in [6.07, 6.45) is 2.87. The zero-order valence-electron chi connectivity index (χ0n) is 9.69. The van der Waals surface area contributed by atoms with Gasteiger partial charge in [0.25, 0.3) is 0 Å². The first-order valence-electron chi connectivity index (χ1n) is 5.41. The molecular weight excluding hydrogens is 222 g/mol. The average Bonchev–Trinajstić information content (AvgIpc) is 2.84. The molecule has 0 fully saturated rings. The zero-order valence-corrected chi connectivity index (χ0v) is 9.69. The van der Waals surface area contributed by atoms with Gasteiger partial charge in [-0.05, 0) is 19.4 Å². The fraction of sp³-hybridized carbons (Fsp3) is 0.333. The van der Waals surface area contributed by atoms with Gasteiger partial charge in [-0.25, -0.2) is 4.79 Å². The number of hydrogen-bond donors (Lipinski definition) is 1. The average molecular weight is 235 g/mol. The fourth-order valence-corrected chi connectivity index (χ4v) is 1.76. The first-order valence-corrected chi connectivity index (χ1v) is 5.41. The molecule has 0 saturated carbocycles. The molecule has 5 nitrogen and oxygen atoms in total. The van der Waals surface area contributed by atoms with Gasteiger partial charge < -0.3 is 14.0 Å². The van der Waals surface area contributed by atoms with Gasteiger partial charge in [0, 0.05) is 12.0 Å². The number of furan rings is 1. The maximum atomic E-state index is 11.3. The summed E-state index contributed by atoms with van der Waals surface area (Å²) < 4.78 is 10.3. The van der Waals surface area contributed by atoms with Crippen LogP contribution in [0.5, 0.6) is 0 Å². The lowest BCUT2D eigenvalue weighted by Gasteiger charge is -1.97. The Labute approximate surface area is 98.0 Å². The molecular formula is C12H13NO4. The molecule has 2 aromatic heterocycles. The van der Waals surface area contributed by atoms with Crippen LogP contribution in [0.25, 0.3) is 11.3 Å². The van der Waals surface area contributed by atoms with Gasteiger partial charge in [-0.3, -0.25) is 0 Å². The summed E-state index contributed by atoms with van der Waals surface area (Å²) in [6.45, 7) is 3.71. The molecule has 0 aromatic carbocycles. The Morgan fingerprint density at radius 1 is 1.53 bits per heavy atom. The van der Waals surface area contributed by atoms with Gasteiger partial charge in [-0.1, -0.05) is 12.1 Å². The molecule has 0 atom stereocenters. The van der Waals surface area contributed by atoms with Crippen LogP contribution in [-0.4, -0.2) is 16.2 Å². The van der Waals surface area contributed by atoms with E-state index in [0.29, 0.717) is 29.2 Å². The highest BCUT2D eigenvalue weighted by Crippen LogP contribution is 2.29. The van der Waals surface area contributed by atoms with Crippen LogP contribution in [0.2, 0.25) is 0 Å². The van der Waals surface area contributed by atoms with E-state index < -0.39 is 5.97 Å². The number of aromatic nitrogens is 1. The van der Waals surface area contributed by atoms with Crippen LogP contribution in [0.15, 0.2) is 21.3 Å². The summed E-state index contributed by atoms with van der Waals surface area (Å²) >= 11 is 0. The second-order valence-corrected chi connectivity index (χ2v) is 3.77. The minimum absolute atomic E-state index is 0.136. The molecule has 0 saturated heterocycles. The normalized spacial score (nSPS) is 10.7. The van der Waals surface area contributed by atoms with Crippen molar-refractivity contribution in [2.45, 2.75) is 26.7 Å². The van der Waals surface area contributed by atoms with Crippen molar-refractivity contribution in [1.29, 1.82) is 0 Å². The molecule has 0 bridgehead atoms. The van der Waals surface area contributed by atoms with Gasteiger partial charge in [0.05, 0.1) is 6.26 Å². The molecule has 2 rings (SSSR count). The van der Waals surface area contributed by atoms with Crippen LogP contribution in [0, 0.1) is 6.92 Å². The van der Waals surface area contributed by atoms with Gasteiger partial charge in [-0.15, -0.1) is 0 Å². The summed E-state index contributed by atoms with van der Waals surface area (Å²) in [6, 6.07) is 1.69. The Kier molecular flexibility index (Phi) is 2.99. The zero-order chi connectivity index (χ0) is 12.4. The van der Waals surface area contributed by atoms with E-state index in [4.69, 9.17) is 8.94 Å². The van der Waals surface area contributed by atoms with Gasteiger partial charge in [0.1, 0.15) is 17.0 Å². The second kappa shape index (κ2) is 4.45. The molecule has 0 spiro atoms. The lowest BCUT2D eigenvalue weighted by molar-refractivity contribution is 0.0695. The summed E-state index contributed by atoms with van der Waals surface area (Å²) in [7, 11) is 0. The SMILES string of the molecule is CCCc1onc(-c2ccoc2C)c1C(=O)O. The topological polar surface area (TPSA) is 76.5 Å². The van der Waals surface area contributed by atoms with Crippen LogP contribution in [0.4, 0.5) is 0 Å². The summed E-state index contributed by atoms with van der Waals surface area (Å²) in [5.41, 5.74) is 1.14. The summed E-state index contributed by atoms with van der Waals surface area (Å²) in [4.78, 5) is 11.3. The Balaban J connectivity index is 2.55. The van der Waals surface area contributed by atoms with Crippen LogP contribution >= 0.6 is 0 Å². The molecule has 5 heteroatoms. The highest BCUT2D eigenvalue weighted by atomic mass is 16.5. The molecule has 90 valence electrons. The summed E-state index contributed by atoms with van der Waals surface area (Å²) in [5.74, 6) is 0.0183. The predicted octanol–water partition coefficient (Wildman–Crippen LogP) is 2.89. The smallest absolute Gasteiger partial charge is 0.341 e. The van der Waals surface area contributed by atoms with Crippen molar-refractivity contribution in [2.24, 2.45) is 0 Å². The molecule has 0 radical (unpaired) electrons. The highest BCUT2D eigenvalue weighted by molar-refractivity contribution is 5.96. The minimum atomic E-state index is -1.02. The van der Waals surface area contributed by atoms with Crippen molar-refractivity contribution in [3.8, 4) is 11.3 Å². The Morgan fingerprint density at radius 2 is 2.29 bits per heavy atom. The molecule has 0 aliphatic rings. The Hall–Kier alpha value is -2.04. The standard InChI is InChI=1S/C12H13NO4/c1-3-4-9-10(12(14)15)11(13-17-9)8-5-6-16-7(8)2/h5-6H,3-4H2,1-2H3,(H,14,15). The fourth-order valence-electron chi connectivity index (χ4n) is 1.76. The van der Waals surface area contributed by atoms with Crippen LogP contribution < -0.4 is 0 Å². The predicted molar refractivity (Wildman–Crippen MR) is 59.9 cm³/mol. The number of aryl methyl sites for hydroxylation is 2. The first kappa shape index (κ1) is 11.4. The van der Waals surface area contributed by atoms with E-state index in [0.717, 1.165) is 6.42 Å². The second-order valence-electron chi connectivity index (χ2n) is 3.77. The van der Waals surface area contributed by atoms with Crippen molar-refractivity contribution in [3.05, 3.63) is 29.4 Å². The molecule has 2 heterocycles. The third-order valence-electron chi connectivity index (χ3n) is 2.57. The number of carbonyl (C=O) groups is 1. The number of aromatic carboxylic acids is 1. The Morgan fingerprint density at radius 3 is 2.82 bits per heavy atom. The highest BCUT2D eigenvalue weighted by Gasteiger charge is 2.24. The van der Waals surface area contributed by atoms with Gasteiger partial charge >= 0.3 is 5.97 Å². The van der Waals surface area contributed by atoms with Crippen LogP contribution in [0.1, 0.15) is 35.2 Å². The molecule has 0 unspecified atom stereocenters. The number of nitrogens with zero attached hydrogens (tertiary/aromatic N) is 1. The van der Waals surface area contributed by atoms with Crippen molar-refractivity contribution >= 4 is 5.97 Å². The third kappa shape index (κ3) is 1.95. The van der Waals surface area contributed by atoms with E-state index in [2.05, 4.69) is 5.16 Å². The number of hydrogen-bond acceptors (Lipinski definition) is 4. The molecule has 0 aliphatic heterocycles. The van der Waals surface area contributed by atoms with E-state index in [9.17, 15) is 9.90 Å². The van der Waals surface area contributed by atoms with E-state index in [-0.39, 0.29) is 5.56 Å². The maximum absolute atomic E-state index is 11.3. The number of carboxylic acid groups (broad SMARTS) is 1. The number of carboxylic acids is 1. The first-order chi connectivity index (χ1) is 8.15. The van der Waals surface area contributed by atoms with Crippen molar-refractivity contribution in [2.75, 3.05) is 0 Å². The van der Waals surface area contributed by atoms with Crippen LogP contribution in [-0.2, 0) is 6.42 Å². The van der Waals surface area contributed by atoms with Gasteiger partial charge in [0.2, 0.25) is 0 Å². The lowest BCUT2D eigenvalue weighted by Crippen LogP contribution is -2.01. The largest absolute Gasteiger partial charge is 0.477 e. The Bertz CT molecular complexity index is 538. The van der Waals surface area contributed by atoms with E-state index in [1.54, 1.807) is 13.0 Å². The van der Waals surface area contributed by atoms with E-state index in [1.165, 1.54) is 6.26 Å². The minimum Gasteiger partial charge on any atom is -0.477 e. The van der Waals surface area contributed by atoms with Crippen molar-refractivity contribution in [3.63, 3.8) is 0 Å². The van der Waals surface area contributed by atoms with Crippen LogP contribution in [0.3, 0.4) is 0 Å². The maximum Gasteiger partial charge on any atom is 0.341 e. The summed E-state index contributed by atoms with van der Waals surface area (Å²) in [5, 5.41) is 13.1. The molecule has 0 amide bonds. The molecule has 1 N–H and O–H groups in total. The molecule has 0 aliphatic carbocycles. The third-order valence-corrected chi connectivity index (χ3v) is 2.57. The quantitative estimate of drug-likeness (QED) is 0.881. The number of rotatable bonds is 4. The van der Waals surface area contributed by atoms with E-state index >= 15 is 0 Å². The van der Waals surface area contributed by atoms with Crippen molar-refractivity contribution < 1.29 is 18.8 Å². The van der Waals surface area contributed by atoms with Crippen molar-refractivity contribution in [1.82, 2.24) is 5.16 Å². The molecule has 17 heavy (non-hydrogen) atoms. The van der Waals surface area contributed by atoms with E-state index in [1.807, 2.05) is 6.92 Å². The molecule has 2 aromatic rings. The van der Waals surface area contributed by atoms with Gasteiger partial charge in [0.15, 0.2) is 5.76 Å². The monoisotopic (exact) mass is 235 g/mol. The lowest BCUT2D eigenvalue weighted by atomic mass is 10.1.